The first-order valence-electron chi connectivity index (χ1n) is 4.59. The molecule has 0 heterocycles. The fourth-order valence-corrected chi connectivity index (χ4v) is 2.00. The molecular weight excluding hydrogens is 232 g/mol. The van der Waals surface area contributed by atoms with Gasteiger partial charge in [-0.15, -0.1) is 0 Å². The molecule has 5 nitrogen and oxygen atoms in total. The van der Waals surface area contributed by atoms with Gasteiger partial charge in [0, 0.05) is 0 Å². The molecule has 1 rings (SSSR count). The predicted octanol–water partition coefficient (Wildman–Crippen LogP) is 1.20. The van der Waals surface area contributed by atoms with Crippen LogP contribution in [0.25, 0.3) is 0 Å². The van der Waals surface area contributed by atoms with Crippen LogP contribution in [0.5, 0.6) is 0 Å². The van der Waals surface area contributed by atoms with Gasteiger partial charge in [-0.05, 0) is 19.1 Å². The van der Waals surface area contributed by atoms with Crippen molar-refractivity contribution in [2.24, 2.45) is 0 Å². The lowest BCUT2D eigenvalue weighted by Gasteiger charge is -2.07. The van der Waals surface area contributed by atoms with Gasteiger partial charge in [0.15, 0.2) is 0 Å². The maximum atomic E-state index is 11.5. The lowest BCUT2D eigenvalue weighted by atomic mass is 10.2. The van der Waals surface area contributed by atoms with Crippen LogP contribution >= 0.6 is 0 Å². The van der Waals surface area contributed by atoms with E-state index in [1.165, 1.54) is 18.2 Å². The molecule has 0 amide bonds. The second kappa shape index (κ2) is 5.09. The Morgan fingerprint density at radius 1 is 1.31 bits per heavy atom. The Morgan fingerprint density at radius 2 is 1.94 bits per heavy atom. The maximum Gasteiger partial charge on any atom is 0.339 e. The van der Waals surface area contributed by atoms with E-state index in [4.69, 9.17) is 4.74 Å². The Bertz CT molecular complexity index is 478. The molecule has 0 N–H and O–H groups in total. The van der Waals surface area contributed by atoms with E-state index in [-0.39, 0.29) is 17.1 Å². The third-order valence-electron chi connectivity index (χ3n) is 1.87. The largest absolute Gasteiger partial charge is 0.462 e. The summed E-state index contributed by atoms with van der Waals surface area (Å²) < 4.78 is 32.1. The average Bonchev–Trinajstić information content (AvgIpc) is 2.29. The van der Waals surface area contributed by atoms with E-state index >= 15 is 0 Å². The minimum atomic E-state index is -3.89. The van der Waals surface area contributed by atoms with E-state index in [9.17, 15) is 13.2 Å². The monoisotopic (exact) mass is 244 g/mol. The van der Waals surface area contributed by atoms with Crippen molar-refractivity contribution in [2.45, 2.75) is 11.8 Å². The summed E-state index contributed by atoms with van der Waals surface area (Å²) in [5, 5.41) is 0. The Hall–Kier alpha value is -1.40. The minimum absolute atomic E-state index is 0.0220. The molecule has 0 fully saturated rings. The Morgan fingerprint density at radius 3 is 2.50 bits per heavy atom. The molecule has 0 aliphatic heterocycles. The molecule has 0 saturated heterocycles. The lowest BCUT2D eigenvalue weighted by Crippen LogP contribution is -2.12. The highest BCUT2D eigenvalue weighted by molar-refractivity contribution is 7.86. The molecule has 1 aromatic carbocycles. The zero-order chi connectivity index (χ0) is 12.2. The molecule has 0 bridgehead atoms. The first-order valence-corrected chi connectivity index (χ1v) is 6.00. The maximum absolute atomic E-state index is 11.5. The number of carbonyl (C=O) groups excluding carboxylic acids is 1. The summed E-state index contributed by atoms with van der Waals surface area (Å²) in [6.45, 7) is 1.82. The highest BCUT2D eigenvalue weighted by atomic mass is 32.2. The second-order valence-corrected chi connectivity index (χ2v) is 4.52. The smallest absolute Gasteiger partial charge is 0.339 e. The van der Waals surface area contributed by atoms with Crippen molar-refractivity contribution in [1.82, 2.24) is 0 Å². The minimum Gasteiger partial charge on any atom is -0.462 e. The van der Waals surface area contributed by atoms with Crippen molar-refractivity contribution >= 4 is 16.1 Å². The van der Waals surface area contributed by atoms with Gasteiger partial charge in [-0.25, -0.2) is 4.79 Å². The fraction of sp³-hybridized carbons (Fsp3) is 0.300. The van der Waals surface area contributed by atoms with Gasteiger partial charge in [0.05, 0.1) is 19.3 Å². The summed E-state index contributed by atoms with van der Waals surface area (Å²) in [6.07, 6.45) is 0. The fourth-order valence-electron chi connectivity index (χ4n) is 1.15. The van der Waals surface area contributed by atoms with Crippen LogP contribution in [0, 0.1) is 0 Å². The molecule has 0 atom stereocenters. The summed E-state index contributed by atoms with van der Waals surface area (Å²) >= 11 is 0. The quantitative estimate of drug-likeness (QED) is 0.588. The Labute approximate surface area is 94.1 Å². The van der Waals surface area contributed by atoms with E-state index in [0.717, 1.165) is 7.11 Å². The molecule has 1 aromatic rings. The number of rotatable bonds is 4. The van der Waals surface area contributed by atoms with E-state index in [0.29, 0.717) is 0 Å². The van der Waals surface area contributed by atoms with Crippen LogP contribution in [0.4, 0.5) is 0 Å². The molecule has 6 heteroatoms. The van der Waals surface area contributed by atoms with Crippen molar-refractivity contribution < 1.29 is 22.1 Å². The Balaban J connectivity index is 3.26. The number of hydrogen-bond acceptors (Lipinski definition) is 5. The predicted molar refractivity (Wildman–Crippen MR) is 56.6 cm³/mol. The third kappa shape index (κ3) is 2.59. The van der Waals surface area contributed by atoms with Crippen LogP contribution in [0.3, 0.4) is 0 Å². The summed E-state index contributed by atoms with van der Waals surface area (Å²) in [6, 6.07) is 5.74. The van der Waals surface area contributed by atoms with E-state index in [2.05, 4.69) is 4.18 Å². The van der Waals surface area contributed by atoms with Gasteiger partial charge < -0.3 is 4.74 Å². The van der Waals surface area contributed by atoms with Crippen LogP contribution in [0.15, 0.2) is 29.2 Å². The molecule has 16 heavy (non-hydrogen) atoms. The normalized spacial score (nSPS) is 11.1. The number of hydrogen-bond donors (Lipinski definition) is 0. The topological polar surface area (TPSA) is 69.7 Å². The highest BCUT2D eigenvalue weighted by Crippen LogP contribution is 2.18. The Kier molecular flexibility index (Phi) is 4.03. The molecule has 0 aliphatic carbocycles. The molecule has 0 radical (unpaired) electrons. The number of ether oxygens (including phenoxy) is 1. The van der Waals surface area contributed by atoms with Gasteiger partial charge in [-0.2, -0.15) is 8.42 Å². The molecule has 0 unspecified atom stereocenters. The molecular formula is C10H12O5S. The van der Waals surface area contributed by atoms with Gasteiger partial charge in [0.2, 0.25) is 0 Å². The van der Waals surface area contributed by atoms with Crippen molar-refractivity contribution in [3.63, 3.8) is 0 Å². The second-order valence-electron chi connectivity index (χ2n) is 2.84. The van der Waals surface area contributed by atoms with Crippen molar-refractivity contribution in [3.05, 3.63) is 29.8 Å². The van der Waals surface area contributed by atoms with Crippen LogP contribution in [-0.4, -0.2) is 28.1 Å². The van der Waals surface area contributed by atoms with Crippen molar-refractivity contribution in [1.29, 1.82) is 0 Å². The van der Waals surface area contributed by atoms with Crippen LogP contribution in [0.1, 0.15) is 17.3 Å². The molecule has 0 saturated carbocycles. The number of benzene rings is 1. The van der Waals surface area contributed by atoms with Crippen molar-refractivity contribution in [2.75, 3.05) is 13.7 Å². The molecule has 0 aromatic heterocycles. The van der Waals surface area contributed by atoms with E-state index < -0.39 is 16.1 Å². The standard InChI is InChI=1S/C10H12O5S/c1-3-15-10(11)8-6-4-5-7-9(8)16(12,13)14-2/h4-7H,3H2,1-2H3. The summed E-state index contributed by atoms with van der Waals surface area (Å²) in [4.78, 5) is 11.3. The van der Waals surface area contributed by atoms with Crippen LogP contribution in [-0.2, 0) is 19.0 Å². The van der Waals surface area contributed by atoms with Gasteiger partial charge in [0.1, 0.15) is 4.90 Å². The van der Waals surface area contributed by atoms with Crippen LogP contribution < -0.4 is 0 Å². The van der Waals surface area contributed by atoms with Gasteiger partial charge in [-0.1, -0.05) is 12.1 Å². The first kappa shape index (κ1) is 12.7. The average molecular weight is 244 g/mol. The van der Waals surface area contributed by atoms with Crippen molar-refractivity contribution in [3.8, 4) is 0 Å². The highest BCUT2D eigenvalue weighted by Gasteiger charge is 2.22. The molecule has 0 aliphatic rings. The first-order chi connectivity index (χ1) is 7.53. The van der Waals surface area contributed by atoms with Gasteiger partial charge in [-0.3, -0.25) is 4.18 Å². The van der Waals surface area contributed by atoms with Crippen LogP contribution in [0.2, 0.25) is 0 Å². The SMILES string of the molecule is CCOC(=O)c1ccccc1S(=O)(=O)OC. The van der Waals surface area contributed by atoms with Gasteiger partial charge >= 0.3 is 5.97 Å². The number of carbonyl (C=O) groups is 1. The summed E-state index contributed by atoms with van der Waals surface area (Å²) in [7, 11) is -2.85. The zero-order valence-corrected chi connectivity index (χ0v) is 9.78. The molecule has 0 spiro atoms. The zero-order valence-electron chi connectivity index (χ0n) is 8.97. The summed E-state index contributed by atoms with van der Waals surface area (Å²) in [5.41, 5.74) is -0.0220. The number of esters is 1. The van der Waals surface area contributed by atoms with E-state index in [1.807, 2.05) is 0 Å². The van der Waals surface area contributed by atoms with E-state index in [1.54, 1.807) is 13.0 Å². The molecule has 88 valence electrons. The third-order valence-corrected chi connectivity index (χ3v) is 3.20. The summed E-state index contributed by atoms with van der Waals surface area (Å²) in [5.74, 6) is -0.682. The van der Waals surface area contributed by atoms with Gasteiger partial charge in [0.25, 0.3) is 10.1 Å². The lowest BCUT2D eigenvalue weighted by molar-refractivity contribution is 0.0521.